The zero-order valence-electron chi connectivity index (χ0n) is 32.4. The third-order valence-corrected chi connectivity index (χ3v) is 13.3. The molecule has 4 aliphatic heterocycles. The van der Waals surface area contributed by atoms with Crippen molar-refractivity contribution in [2.75, 3.05) is 49.1 Å². The molecule has 306 valence electrons. The first kappa shape index (κ1) is 38.8. The van der Waals surface area contributed by atoms with Crippen molar-refractivity contribution >= 4 is 52.6 Å². The van der Waals surface area contributed by atoms with Gasteiger partial charge in [0.1, 0.15) is 23.7 Å². The summed E-state index contributed by atoms with van der Waals surface area (Å²) in [7, 11) is 0. The number of piperidine rings is 2. The van der Waals surface area contributed by atoms with E-state index < -0.39 is 35.5 Å². The maximum absolute atomic E-state index is 15.5. The van der Waals surface area contributed by atoms with E-state index in [4.69, 9.17) is 21.6 Å². The normalized spacial score (nSPS) is 27.9. The standard InChI is InChI=1S/C42H43ClFN9O6/c1-22-18-51(37-10-8-34(48-49-37)39(55)46-24-3-6-25(7-4-24)59-26-5-2-23(17-45)32(43)14-26)13-12-50(22)19-29-30-20-52(21-31(29)30)36-16-28-27(15-33(36)44)41(57)53(42(28)58)35-9-11-38(54)47-40(35)56/h2,5,8,10,14-16,22,24-25,29-31,35H,3-4,6-7,9,11-13,18-21H2,1H3,(H,46,55)(H,47,54,56)/t22-,24?,25?,29?,30-,31+,35?/m0/s1. The predicted molar refractivity (Wildman–Crippen MR) is 211 cm³/mol. The fourth-order valence-corrected chi connectivity index (χ4v) is 9.85. The van der Waals surface area contributed by atoms with Gasteiger partial charge in [0, 0.05) is 63.8 Å². The van der Waals surface area contributed by atoms with Gasteiger partial charge in [-0.15, -0.1) is 10.2 Å². The van der Waals surface area contributed by atoms with E-state index >= 15 is 4.39 Å². The summed E-state index contributed by atoms with van der Waals surface area (Å²) in [6, 6.07) is 12.4. The van der Waals surface area contributed by atoms with E-state index in [2.05, 4.69) is 37.6 Å². The average molecular weight is 824 g/mol. The molecule has 0 bridgehead atoms. The van der Waals surface area contributed by atoms with Gasteiger partial charge in [-0.25, -0.2) is 4.39 Å². The van der Waals surface area contributed by atoms with Crippen molar-refractivity contribution in [2.45, 2.75) is 69.7 Å². The summed E-state index contributed by atoms with van der Waals surface area (Å²) < 4.78 is 21.6. The average Bonchev–Trinajstić information content (AvgIpc) is 3.53. The van der Waals surface area contributed by atoms with E-state index in [1.165, 1.54) is 6.07 Å². The zero-order valence-corrected chi connectivity index (χ0v) is 33.2. The first-order chi connectivity index (χ1) is 28.4. The van der Waals surface area contributed by atoms with E-state index in [-0.39, 0.29) is 59.4 Å². The third kappa shape index (κ3) is 7.46. The Morgan fingerprint density at radius 2 is 1.69 bits per heavy atom. The Morgan fingerprint density at radius 1 is 0.949 bits per heavy atom. The van der Waals surface area contributed by atoms with Crippen LogP contribution in [0.5, 0.6) is 5.75 Å². The van der Waals surface area contributed by atoms with Gasteiger partial charge in [0.25, 0.3) is 17.7 Å². The largest absolute Gasteiger partial charge is 0.490 e. The van der Waals surface area contributed by atoms with Crippen LogP contribution in [0.3, 0.4) is 0 Å². The maximum atomic E-state index is 15.5. The number of carbonyl (C=O) groups is 5. The van der Waals surface area contributed by atoms with Gasteiger partial charge in [0.2, 0.25) is 11.8 Å². The number of fused-ring (bicyclic) bond motifs is 2. The van der Waals surface area contributed by atoms with Gasteiger partial charge in [-0.05, 0) is 93.2 Å². The topological polar surface area (TPSA) is 181 Å². The van der Waals surface area contributed by atoms with Crippen LogP contribution >= 0.6 is 11.6 Å². The summed E-state index contributed by atoms with van der Waals surface area (Å²) >= 11 is 6.14. The molecule has 5 fully saturated rings. The molecule has 0 spiro atoms. The second-order valence-electron chi connectivity index (χ2n) is 16.6. The number of ether oxygens (including phenoxy) is 1. The van der Waals surface area contributed by atoms with E-state index in [0.29, 0.717) is 47.2 Å². The van der Waals surface area contributed by atoms with E-state index in [1.54, 1.807) is 24.3 Å². The van der Waals surface area contributed by atoms with Crippen molar-refractivity contribution in [3.63, 3.8) is 0 Å². The second kappa shape index (κ2) is 15.5. The van der Waals surface area contributed by atoms with Crippen LogP contribution in [-0.2, 0) is 9.59 Å². The highest BCUT2D eigenvalue weighted by molar-refractivity contribution is 6.31. The van der Waals surface area contributed by atoms with Crippen LogP contribution in [0.25, 0.3) is 0 Å². The van der Waals surface area contributed by atoms with E-state index in [0.717, 1.165) is 68.6 Å². The number of amides is 5. The number of nitrogens with one attached hydrogen (secondary N) is 2. The highest BCUT2D eigenvalue weighted by atomic mass is 35.5. The lowest BCUT2D eigenvalue weighted by Crippen LogP contribution is -2.54. The van der Waals surface area contributed by atoms with Crippen molar-refractivity contribution < 1.29 is 33.1 Å². The molecule has 0 radical (unpaired) electrons. The molecule has 1 aromatic heterocycles. The molecule has 2 aromatic carbocycles. The number of hydrogen-bond donors (Lipinski definition) is 2. The number of imide groups is 2. The van der Waals surface area contributed by atoms with Crippen LogP contribution in [0.1, 0.15) is 82.2 Å². The van der Waals surface area contributed by atoms with Gasteiger partial charge < -0.3 is 19.9 Å². The number of piperazine rings is 1. The number of anilines is 2. The summed E-state index contributed by atoms with van der Waals surface area (Å²) in [5.41, 5.74) is 0.984. The monoisotopic (exact) mass is 823 g/mol. The summed E-state index contributed by atoms with van der Waals surface area (Å²) in [4.78, 5) is 71.1. The number of aromatic nitrogens is 2. The van der Waals surface area contributed by atoms with Crippen LogP contribution in [-0.4, -0.2) is 113 Å². The Morgan fingerprint density at radius 3 is 2.36 bits per heavy atom. The van der Waals surface area contributed by atoms with Crippen molar-refractivity contribution in [3.8, 4) is 11.8 Å². The number of nitrogens with zero attached hydrogens (tertiary/aromatic N) is 7. The van der Waals surface area contributed by atoms with Crippen LogP contribution < -0.4 is 25.2 Å². The summed E-state index contributed by atoms with van der Waals surface area (Å²) in [6.45, 7) is 6.80. The van der Waals surface area contributed by atoms with Crippen LogP contribution in [0.4, 0.5) is 15.9 Å². The van der Waals surface area contributed by atoms with Gasteiger partial charge in [-0.2, -0.15) is 5.26 Å². The molecule has 2 N–H and O–H groups in total. The summed E-state index contributed by atoms with van der Waals surface area (Å²) in [6.07, 6.45) is 3.14. The van der Waals surface area contributed by atoms with Crippen molar-refractivity contribution in [1.82, 2.24) is 30.6 Å². The van der Waals surface area contributed by atoms with Crippen LogP contribution in [0.15, 0.2) is 42.5 Å². The van der Waals surface area contributed by atoms with Gasteiger partial charge in [0.05, 0.1) is 33.5 Å². The van der Waals surface area contributed by atoms with Crippen LogP contribution in [0, 0.1) is 34.9 Å². The quantitative estimate of drug-likeness (QED) is 0.300. The fraction of sp³-hybridized carbons (Fsp3) is 0.476. The van der Waals surface area contributed by atoms with Gasteiger partial charge in [-0.1, -0.05) is 11.6 Å². The lowest BCUT2D eigenvalue weighted by Gasteiger charge is -2.40. The molecule has 5 heterocycles. The first-order valence-electron chi connectivity index (χ1n) is 20.3. The second-order valence-corrected chi connectivity index (χ2v) is 17.0. The number of carbonyl (C=O) groups excluding carboxylic acids is 5. The number of nitriles is 1. The Hall–Kier alpha value is -5.66. The third-order valence-electron chi connectivity index (χ3n) is 13.0. The van der Waals surface area contributed by atoms with Gasteiger partial charge in [0.15, 0.2) is 11.5 Å². The Kier molecular flexibility index (Phi) is 10.2. The summed E-state index contributed by atoms with van der Waals surface area (Å²) in [5.74, 6) is -0.724. The molecule has 6 aliphatic rings. The van der Waals surface area contributed by atoms with E-state index in [9.17, 15) is 24.0 Å². The molecule has 5 atom stereocenters. The van der Waals surface area contributed by atoms with Crippen LogP contribution in [0.2, 0.25) is 5.02 Å². The summed E-state index contributed by atoms with van der Waals surface area (Å²) in [5, 5.41) is 23.4. The molecule has 3 aromatic rings. The lowest BCUT2D eigenvalue weighted by molar-refractivity contribution is -0.136. The molecule has 17 heteroatoms. The number of benzene rings is 2. The zero-order chi connectivity index (χ0) is 41.1. The molecular formula is C42H43ClFN9O6. The molecular weight excluding hydrogens is 781 g/mol. The molecule has 15 nitrogen and oxygen atoms in total. The van der Waals surface area contributed by atoms with Crippen molar-refractivity contribution in [3.05, 3.63) is 75.7 Å². The Labute approximate surface area is 344 Å². The lowest BCUT2D eigenvalue weighted by atomic mass is 9.93. The van der Waals surface area contributed by atoms with Gasteiger partial charge >= 0.3 is 0 Å². The SMILES string of the molecule is C[C@H]1CN(c2ccc(C(=O)NC3CCC(Oc4ccc(C#N)c(Cl)c4)CC3)nn2)CCN1CC1[C@H]2CN(c3cc4c(cc3F)C(=O)N(C3CCC(=O)NC3=O)C4=O)C[C@@H]12. The molecule has 9 rings (SSSR count). The van der Waals surface area contributed by atoms with E-state index in [1.807, 2.05) is 17.0 Å². The van der Waals surface area contributed by atoms with Gasteiger partial charge in [-0.3, -0.25) is 39.1 Å². The molecule has 2 aliphatic carbocycles. The minimum atomic E-state index is -1.10. The minimum Gasteiger partial charge on any atom is -0.490 e. The highest BCUT2D eigenvalue weighted by Gasteiger charge is 2.57. The van der Waals surface area contributed by atoms with Crippen molar-refractivity contribution in [1.29, 1.82) is 5.26 Å². The molecule has 2 saturated carbocycles. The molecule has 3 saturated heterocycles. The number of hydrogen-bond acceptors (Lipinski definition) is 12. The smallest absolute Gasteiger partial charge is 0.272 e. The molecule has 2 unspecified atom stereocenters. The molecule has 5 amide bonds. The Bertz CT molecular complexity index is 2270. The Balaban J connectivity index is 0.725. The maximum Gasteiger partial charge on any atom is 0.272 e. The molecule has 59 heavy (non-hydrogen) atoms. The predicted octanol–water partition coefficient (Wildman–Crippen LogP) is 3.55. The fourth-order valence-electron chi connectivity index (χ4n) is 9.64. The first-order valence-corrected chi connectivity index (χ1v) is 20.6. The van der Waals surface area contributed by atoms with Crippen molar-refractivity contribution in [2.24, 2.45) is 17.8 Å². The minimum absolute atomic E-state index is 0.00323. The number of rotatable bonds is 9. The highest BCUT2D eigenvalue weighted by Crippen LogP contribution is 2.53. The number of halogens is 2.